The molecule has 0 radical (unpaired) electrons. The van der Waals surface area contributed by atoms with Gasteiger partial charge in [-0.2, -0.15) is 12.7 Å². The minimum Gasteiger partial charge on any atom is -0.397 e. The van der Waals surface area contributed by atoms with E-state index in [0.717, 1.165) is 6.42 Å². The average Bonchev–Trinajstić information content (AvgIpc) is 2.46. The Morgan fingerprint density at radius 1 is 1.30 bits per heavy atom. The van der Waals surface area contributed by atoms with Crippen molar-refractivity contribution in [2.45, 2.75) is 13.3 Å². The van der Waals surface area contributed by atoms with Gasteiger partial charge in [-0.15, -0.1) is 0 Å². The first-order valence-corrected chi connectivity index (χ1v) is 8.17. The third-order valence-electron chi connectivity index (χ3n) is 3.21. The van der Waals surface area contributed by atoms with Gasteiger partial charge < -0.3 is 10.5 Å². The molecule has 0 atom stereocenters. The van der Waals surface area contributed by atoms with Crippen LogP contribution in [0.25, 0.3) is 0 Å². The molecule has 2 rings (SSSR count). The fraction of sp³-hybridized carbons (Fsp3) is 0.538. The van der Waals surface area contributed by atoms with Gasteiger partial charge in [0.2, 0.25) is 0 Å². The molecule has 6 nitrogen and oxygen atoms in total. The molecule has 0 aliphatic carbocycles. The zero-order valence-corrected chi connectivity index (χ0v) is 12.5. The summed E-state index contributed by atoms with van der Waals surface area (Å²) in [5.41, 5.74) is 6.94. The van der Waals surface area contributed by atoms with Gasteiger partial charge in [0.25, 0.3) is 0 Å². The maximum atomic E-state index is 12.8. The van der Waals surface area contributed by atoms with E-state index in [-0.39, 0.29) is 0 Å². The number of nitrogen functional groups attached to an aromatic ring is 1. The summed E-state index contributed by atoms with van der Waals surface area (Å²) in [4.78, 5) is 0. The molecule has 1 aromatic rings. The molecule has 1 aromatic carbocycles. The number of hydrogen-bond acceptors (Lipinski definition) is 4. The fourth-order valence-corrected chi connectivity index (χ4v) is 3.91. The van der Waals surface area contributed by atoms with Crippen molar-refractivity contribution in [1.29, 1.82) is 0 Å². The first kappa shape index (κ1) is 15.1. The largest absolute Gasteiger partial charge is 0.397 e. The van der Waals surface area contributed by atoms with E-state index in [1.165, 1.54) is 8.61 Å². The van der Waals surface area contributed by atoms with Crippen molar-refractivity contribution in [3.63, 3.8) is 0 Å². The SMILES string of the molecule is CCCN(c1ccccc1N)S(=O)(=O)N1CCOCC1. The van der Waals surface area contributed by atoms with Crippen LogP contribution in [0.5, 0.6) is 0 Å². The Morgan fingerprint density at radius 3 is 2.55 bits per heavy atom. The summed E-state index contributed by atoms with van der Waals surface area (Å²) in [7, 11) is -3.56. The molecule has 20 heavy (non-hydrogen) atoms. The Hall–Kier alpha value is -1.31. The van der Waals surface area contributed by atoms with Crippen molar-refractivity contribution >= 4 is 21.6 Å². The zero-order valence-electron chi connectivity index (χ0n) is 11.7. The second kappa shape index (κ2) is 6.43. The van der Waals surface area contributed by atoms with Crippen LogP contribution in [0.3, 0.4) is 0 Å². The number of rotatable bonds is 5. The topological polar surface area (TPSA) is 75.9 Å². The van der Waals surface area contributed by atoms with E-state index in [4.69, 9.17) is 10.5 Å². The lowest BCUT2D eigenvalue weighted by atomic mass is 10.2. The number of anilines is 2. The van der Waals surface area contributed by atoms with Crippen LogP contribution >= 0.6 is 0 Å². The summed E-state index contributed by atoms with van der Waals surface area (Å²) in [6, 6.07) is 7.04. The van der Waals surface area contributed by atoms with Crippen molar-refractivity contribution in [3.8, 4) is 0 Å². The molecular weight excluding hydrogens is 278 g/mol. The molecule has 2 N–H and O–H groups in total. The molecule has 1 aliphatic rings. The quantitative estimate of drug-likeness (QED) is 0.825. The third-order valence-corrected chi connectivity index (χ3v) is 5.16. The van der Waals surface area contributed by atoms with Crippen LogP contribution < -0.4 is 10.0 Å². The van der Waals surface area contributed by atoms with Gasteiger partial charge in [0.05, 0.1) is 24.6 Å². The number of para-hydroxylation sites is 2. The highest BCUT2D eigenvalue weighted by Gasteiger charge is 2.31. The Bertz CT molecular complexity index is 542. The minimum atomic E-state index is -3.56. The van der Waals surface area contributed by atoms with E-state index in [0.29, 0.717) is 44.2 Å². The van der Waals surface area contributed by atoms with Crippen molar-refractivity contribution in [1.82, 2.24) is 4.31 Å². The van der Waals surface area contributed by atoms with E-state index in [1.54, 1.807) is 24.3 Å². The molecule has 0 bridgehead atoms. The third kappa shape index (κ3) is 3.05. The lowest BCUT2D eigenvalue weighted by molar-refractivity contribution is 0.0729. The Balaban J connectivity index is 2.34. The van der Waals surface area contributed by atoms with Crippen molar-refractivity contribution in [2.24, 2.45) is 0 Å². The van der Waals surface area contributed by atoms with Crippen LogP contribution in [-0.2, 0) is 14.9 Å². The van der Waals surface area contributed by atoms with Crippen LogP contribution in [0.2, 0.25) is 0 Å². The van der Waals surface area contributed by atoms with Crippen molar-refractivity contribution < 1.29 is 13.2 Å². The Morgan fingerprint density at radius 2 is 1.95 bits per heavy atom. The predicted molar refractivity (Wildman–Crippen MR) is 79.8 cm³/mol. The molecule has 0 amide bonds. The van der Waals surface area contributed by atoms with Gasteiger partial charge in [-0.1, -0.05) is 19.1 Å². The maximum absolute atomic E-state index is 12.8. The zero-order chi connectivity index (χ0) is 14.6. The van der Waals surface area contributed by atoms with Gasteiger partial charge in [-0.05, 0) is 18.6 Å². The summed E-state index contributed by atoms with van der Waals surface area (Å²) in [5, 5.41) is 0. The monoisotopic (exact) mass is 299 g/mol. The second-order valence-corrected chi connectivity index (χ2v) is 6.50. The summed E-state index contributed by atoms with van der Waals surface area (Å²) < 4.78 is 33.6. The predicted octanol–water partition coefficient (Wildman–Crippen LogP) is 1.06. The molecule has 1 aliphatic heterocycles. The Kier molecular flexibility index (Phi) is 4.85. The molecule has 0 saturated carbocycles. The molecular formula is C13H21N3O3S. The molecule has 0 spiro atoms. The first-order chi connectivity index (χ1) is 9.57. The fourth-order valence-electron chi connectivity index (χ4n) is 2.19. The highest BCUT2D eigenvalue weighted by Crippen LogP contribution is 2.27. The van der Waals surface area contributed by atoms with Crippen LogP contribution in [0.15, 0.2) is 24.3 Å². The number of nitrogens with zero attached hydrogens (tertiary/aromatic N) is 2. The van der Waals surface area contributed by atoms with Crippen molar-refractivity contribution in [3.05, 3.63) is 24.3 Å². The van der Waals surface area contributed by atoms with Gasteiger partial charge in [0.15, 0.2) is 0 Å². The molecule has 7 heteroatoms. The van der Waals surface area contributed by atoms with E-state index in [2.05, 4.69) is 0 Å². The lowest BCUT2D eigenvalue weighted by Gasteiger charge is -2.33. The van der Waals surface area contributed by atoms with E-state index >= 15 is 0 Å². The van der Waals surface area contributed by atoms with Crippen LogP contribution in [0.1, 0.15) is 13.3 Å². The van der Waals surface area contributed by atoms with E-state index < -0.39 is 10.2 Å². The van der Waals surface area contributed by atoms with Gasteiger partial charge in [0.1, 0.15) is 0 Å². The van der Waals surface area contributed by atoms with E-state index in [1.807, 2.05) is 6.92 Å². The highest BCUT2D eigenvalue weighted by molar-refractivity contribution is 7.90. The molecule has 1 fully saturated rings. The van der Waals surface area contributed by atoms with Gasteiger partial charge in [0, 0.05) is 19.6 Å². The summed E-state index contributed by atoms with van der Waals surface area (Å²) in [6.07, 6.45) is 0.720. The van der Waals surface area contributed by atoms with E-state index in [9.17, 15) is 8.42 Å². The lowest BCUT2D eigenvalue weighted by Crippen LogP contribution is -2.49. The standard InChI is InChI=1S/C13H21N3O3S/c1-2-7-16(13-6-4-3-5-12(13)14)20(17,18)15-8-10-19-11-9-15/h3-6H,2,7-11,14H2,1H3. The molecule has 112 valence electrons. The summed E-state index contributed by atoms with van der Waals surface area (Å²) in [5.74, 6) is 0. The average molecular weight is 299 g/mol. The molecule has 1 saturated heterocycles. The highest BCUT2D eigenvalue weighted by atomic mass is 32.2. The van der Waals surface area contributed by atoms with Gasteiger partial charge >= 0.3 is 10.2 Å². The maximum Gasteiger partial charge on any atom is 0.304 e. The van der Waals surface area contributed by atoms with Crippen molar-refractivity contribution in [2.75, 3.05) is 42.9 Å². The van der Waals surface area contributed by atoms with Gasteiger partial charge in [-0.25, -0.2) is 0 Å². The van der Waals surface area contributed by atoms with Crippen LogP contribution in [0.4, 0.5) is 11.4 Å². The summed E-state index contributed by atoms with van der Waals surface area (Å²) >= 11 is 0. The molecule has 0 unspecified atom stereocenters. The normalized spacial score (nSPS) is 17.1. The molecule has 0 aromatic heterocycles. The molecule has 1 heterocycles. The Labute approximate surface area is 120 Å². The van der Waals surface area contributed by atoms with Crippen LogP contribution in [-0.4, -0.2) is 45.6 Å². The van der Waals surface area contributed by atoms with Gasteiger partial charge in [-0.3, -0.25) is 4.31 Å². The number of ether oxygens (including phenoxy) is 1. The number of nitrogens with two attached hydrogens (primary N) is 1. The minimum absolute atomic E-state index is 0.384. The smallest absolute Gasteiger partial charge is 0.304 e. The number of morpholine rings is 1. The van der Waals surface area contributed by atoms with Crippen LogP contribution in [0, 0.1) is 0 Å². The number of hydrogen-bond donors (Lipinski definition) is 1. The summed E-state index contributed by atoms with van der Waals surface area (Å²) in [6.45, 7) is 3.99. The first-order valence-electron chi connectivity index (χ1n) is 6.77. The second-order valence-electron chi connectivity index (χ2n) is 4.65. The number of benzene rings is 1.